The van der Waals surface area contributed by atoms with E-state index >= 15 is 0 Å². The lowest BCUT2D eigenvalue weighted by Gasteiger charge is -2.37. The monoisotopic (exact) mass is 402 g/mol. The Bertz CT molecular complexity index is 866. The molecule has 0 spiro atoms. The van der Waals surface area contributed by atoms with E-state index in [9.17, 15) is 0 Å². The number of halogens is 1. The highest BCUT2D eigenvalue weighted by Crippen LogP contribution is 2.40. The van der Waals surface area contributed by atoms with Crippen LogP contribution in [0.5, 0.6) is 0 Å². The van der Waals surface area contributed by atoms with Gasteiger partial charge >= 0.3 is 0 Å². The second-order valence-electron chi connectivity index (χ2n) is 6.21. The van der Waals surface area contributed by atoms with Crippen molar-refractivity contribution in [3.8, 4) is 0 Å². The quantitative estimate of drug-likeness (QED) is 0.313. The van der Waals surface area contributed by atoms with Gasteiger partial charge in [-0.2, -0.15) is 0 Å². The average Bonchev–Trinajstić information content (AvgIpc) is 3.21. The van der Waals surface area contributed by atoms with Crippen molar-refractivity contribution >= 4 is 15.9 Å². The molecule has 0 aliphatic carbocycles. The Morgan fingerprint density at radius 1 is 0.692 bits per heavy atom. The summed E-state index contributed by atoms with van der Waals surface area (Å²) in [6, 6.07) is 31.9. The van der Waals surface area contributed by atoms with Crippen LogP contribution in [-0.2, 0) is 10.9 Å². The van der Waals surface area contributed by atoms with Crippen molar-refractivity contribution < 1.29 is 0 Å². The summed E-state index contributed by atoms with van der Waals surface area (Å²) in [4.78, 5) is 4.59. The smallest absolute Gasteiger partial charge is 0.121 e. The van der Waals surface area contributed by atoms with Gasteiger partial charge in [-0.3, -0.25) is 0 Å². The van der Waals surface area contributed by atoms with Gasteiger partial charge in [0.15, 0.2) is 0 Å². The molecule has 3 heteroatoms. The molecule has 4 aromatic rings. The molecule has 0 atom stereocenters. The number of hydrogen-bond donors (Lipinski definition) is 0. The van der Waals surface area contributed by atoms with Crippen LogP contribution in [0, 0.1) is 0 Å². The molecule has 26 heavy (non-hydrogen) atoms. The minimum Gasteiger partial charge on any atom is -0.319 e. The van der Waals surface area contributed by atoms with Crippen molar-refractivity contribution in [3.05, 3.63) is 126 Å². The van der Waals surface area contributed by atoms with E-state index in [1.807, 2.05) is 6.33 Å². The molecule has 1 aromatic heterocycles. The maximum Gasteiger partial charge on any atom is 0.121 e. The predicted molar refractivity (Wildman–Crippen MR) is 109 cm³/mol. The standard InChI is InChI=1S/C23H19BrN2/c24-16-22-17-26(18-25-22)23(19-10-4-1-5-11-19,20-12-6-2-7-13-20)21-14-8-3-9-15-21/h1-15,17-18H,16H2. The van der Waals surface area contributed by atoms with Gasteiger partial charge < -0.3 is 4.57 Å². The molecule has 0 N–H and O–H groups in total. The zero-order valence-electron chi connectivity index (χ0n) is 14.3. The van der Waals surface area contributed by atoms with E-state index in [-0.39, 0.29) is 0 Å². The molecule has 0 saturated carbocycles. The third kappa shape index (κ3) is 2.78. The molecule has 0 unspecified atom stereocenters. The van der Waals surface area contributed by atoms with Crippen LogP contribution in [0.1, 0.15) is 22.4 Å². The Morgan fingerprint density at radius 2 is 1.12 bits per heavy atom. The molecule has 128 valence electrons. The molecule has 0 fully saturated rings. The molecule has 3 aromatic carbocycles. The third-order valence-corrected chi connectivity index (χ3v) is 5.31. The van der Waals surface area contributed by atoms with Gasteiger partial charge in [-0.25, -0.2) is 4.98 Å². The highest BCUT2D eigenvalue weighted by atomic mass is 79.9. The summed E-state index contributed by atoms with van der Waals surface area (Å²) in [6.07, 6.45) is 4.06. The van der Waals surface area contributed by atoms with Crippen LogP contribution < -0.4 is 0 Å². The first-order chi connectivity index (χ1) is 12.9. The minimum atomic E-state index is -0.475. The summed E-state index contributed by atoms with van der Waals surface area (Å²) in [5.41, 5.74) is 4.15. The van der Waals surface area contributed by atoms with Crippen molar-refractivity contribution in [1.29, 1.82) is 0 Å². The molecule has 0 amide bonds. The minimum absolute atomic E-state index is 0.475. The molecule has 2 nitrogen and oxygen atoms in total. The molecular weight excluding hydrogens is 384 g/mol. The second-order valence-corrected chi connectivity index (χ2v) is 6.78. The van der Waals surface area contributed by atoms with Gasteiger partial charge in [-0.15, -0.1) is 0 Å². The lowest BCUT2D eigenvalue weighted by atomic mass is 9.77. The summed E-state index contributed by atoms with van der Waals surface area (Å²) in [7, 11) is 0. The Hall–Kier alpha value is -2.65. The maximum absolute atomic E-state index is 4.59. The highest BCUT2D eigenvalue weighted by Gasteiger charge is 2.38. The van der Waals surface area contributed by atoms with Crippen LogP contribution >= 0.6 is 15.9 Å². The van der Waals surface area contributed by atoms with Gasteiger partial charge in [0, 0.05) is 11.5 Å². The largest absolute Gasteiger partial charge is 0.319 e. The normalized spacial score (nSPS) is 11.4. The zero-order chi connectivity index (χ0) is 17.8. The van der Waals surface area contributed by atoms with E-state index in [1.54, 1.807) is 0 Å². The molecule has 0 bridgehead atoms. The van der Waals surface area contributed by atoms with Crippen LogP contribution in [0.2, 0.25) is 0 Å². The summed E-state index contributed by atoms with van der Waals surface area (Å²) in [5.74, 6) is 0. The first-order valence-corrected chi connectivity index (χ1v) is 9.73. The van der Waals surface area contributed by atoms with Crippen LogP contribution in [0.15, 0.2) is 104 Å². The van der Waals surface area contributed by atoms with Gasteiger partial charge in [0.25, 0.3) is 0 Å². The number of alkyl halides is 1. The van der Waals surface area contributed by atoms with E-state index in [2.05, 4.69) is 123 Å². The fourth-order valence-electron chi connectivity index (χ4n) is 3.60. The molecule has 0 aliphatic heterocycles. The van der Waals surface area contributed by atoms with Crippen molar-refractivity contribution in [3.63, 3.8) is 0 Å². The molecule has 0 radical (unpaired) electrons. The molecular formula is C23H19BrN2. The Labute approximate surface area is 162 Å². The summed E-state index contributed by atoms with van der Waals surface area (Å²) < 4.78 is 2.23. The topological polar surface area (TPSA) is 17.8 Å². The molecule has 4 rings (SSSR count). The van der Waals surface area contributed by atoms with Crippen molar-refractivity contribution in [1.82, 2.24) is 9.55 Å². The highest BCUT2D eigenvalue weighted by molar-refractivity contribution is 9.08. The Balaban J connectivity index is 2.10. The number of rotatable bonds is 5. The van der Waals surface area contributed by atoms with E-state index in [1.165, 1.54) is 16.7 Å². The number of aromatic nitrogens is 2. The lowest BCUT2D eigenvalue weighted by molar-refractivity contribution is 0.514. The number of hydrogen-bond acceptors (Lipinski definition) is 1. The fraction of sp³-hybridized carbons (Fsp3) is 0.0870. The SMILES string of the molecule is BrCc1cn(C(c2ccccc2)(c2ccccc2)c2ccccc2)cn1. The van der Waals surface area contributed by atoms with Gasteiger partial charge in [0.05, 0.1) is 12.0 Å². The summed E-state index contributed by atoms with van der Waals surface area (Å²) in [6.45, 7) is 0. The summed E-state index contributed by atoms with van der Waals surface area (Å²) >= 11 is 3.53. The Kier molecular flexibility index (Phi) is 4.72. The van der Waals surface area contributed by atoms with Gasteiger partial charge in [-0.05, 0) is 16.7 Å². The van der Waals surface area contributed by atoms with E-state index in [4.69, 9.17) is 0 Å². The van der Waals surface area contributed by atoms with E-state index in [0.29, 0.717) is 0 Å². The van der Waals surface area contributed by atoms with Gasteiger partial charge in [-0.1, -0.05) is 107 Å². The van der Waals surface area contributed by atoms with Crippen molar-refractivity contribution in [2.75, 3.05) is 0 Å². The second kappa shape index (κ2) is 7.30. The number of nitrogens with zero attached hydrogens (tertiary/aromatic N) is 2. The van der Waals surface area contributed by atoms with E-state index in [0.717, 1.165) is 11.0 Å². The van der Waals surface area contributed by atoms with Crippen molar-refractivity contribution in [2.24, 2.45) is 0 Å². The number of imidazole rings is 1. The lowest BCUT2D eigenvalue weighted by Crippen LogP contribution is -2.36. The van der Waals surface area contributed by atoms with Crippen LogP contribution in [-0.4, -0.2) is 9.55 Å². The first-order valence-electron chi connectivity index (χ1n) is 8.61. The summed E-state index contributed by atoms with van der Waals surface area (Å²) in [5, 5.41) is 0.731. The van der Waals surface area contributed by atoms with Gasteiger partial charge in [0.2, 0.25) is 0 Å². The number of benzene rings is 3. The molecule has 1 heterocycles. The Morgan fingerprint density at radius 3 is 1.46 bits per heavy atom. The predicted octanol–water partition coefficient (Wildman–Crippen LogP) is 5.62. The average molecular weight is 403 g/mol. The first kappa shape index (κ1) is 16.8. The van der Waals surface area contributed by atoms with E-state index < -0.39 is 5.54 Å². The zero-order valence-corrected chi connectivity index (χ0v) is 15.9. The van der Waals surface area contributed by atoms with Gasteiger partial charge in [0.1, 0.15) is 5.54 Å². The van der Waals surface area contributed by atoms with Crippen LogP contribution in [0.4, 0.5) is 0 Å². The third-order valence-electron chi connectivity index (χ3n) is 4.73. The maximum atomic E-state index is 4.59. The van der Waals surface area contributed by atoms with Crippen LogP contribution in [0.25, 0.3) is 0 Å². The molecule has 0 saturated heterocycles. The van der Waals surface area contributed by atoms with Crippen molar-refractivity contribution in [2.45, 2.75) is 10.9 Å². The van der Waals surface area contributed by atoms with Crippen LogP contribution in [0.3, 0.4) is 0 Å². The fourth-order valence-corrected chi connectivity index (χ4v) is 3.89. The molecule has 0 aliphatic rings.